The van der Waals surface area contributed by atoms with E-state index in [4.69, 9.17) is 11.6 Å². The SMILES string of the molecule is CNc1sc(C(=O)c2ccccc2)cc1-c1ccc(Cl)cc1. The molecule has 0 radical (unpaired) electrons. The number of rotatable bonds is 4. The smallest absolute Gasteiger partial charge is 0.203 e. The Kier molecular flexibility index (Phi) is 4.27. The lowest BCUT2D eigenvalue weighted by atomic mass is 10.1. The summed E-state index contributed by atoms with van der Waals surface area (Å²) < 4.78 is 0. The lowest BCUT2D eigenvalue weighted by Gasteiger charge is -2.02. The number of halogens is 1. The minimum Gasteiger partial charge on any atom is -0.379 e. The van der Waals surface area contributed by atoms with Gasteiger partial charge >= 0.3 is 0 Å². The van der Waals surface area contributed by atoms with Crippen molar-refractivity contribution in [2.75, 3.05) is 12.4 Å². The Hall–Kier alpha value is -2.10. The average Bonchev–Trinajstić information content (AvgIpc) is 3.00. The van der Waals surface area contributed by atoms with Gasteiger partial charge in [0.15, 0.2) is 0 Å². The highest BCUT2D eigenvalue weighted by molar-refractivity contribution is 7.18. The lowest BCUT2D eigenvalue weighted by molar-refractivity contribution is 0.104. The maximum Gasteiger partial charge on any atom is 0.203 e. The molecule has 3 aromatic rings. The van der Waals surface area contributed by atoms with Crippen LogP contribution in [0.25, 0.3) is 11.1 Å². The molecular weight excluding hydrogens is 314 g/mol. The van der Waals surface area contributed by atoms with Crippen LogP contribution >= 0.6 is 22.9 Å². The number of nitrogens with one attached hydrogen (secondary N) is 1. The summed E-state index contributed by atoms with van der Waals surface area (Å²) in [6, 6.07) is 18.9. The molecule has 3 rings (SSSR count). The zero-order valence-electron chi connectivity index (χ0n) is 12.0. The maximum atomic E-state index is 12.6. The van der Waals surface area contributed by atoms with Crippen molar-refractivity contribution in [1.29, 1.82) is 0 Å². The van der Waals surface area contributed by atoms with Crippen molar-refractivity contribution in [1.82, 2.24) is 0 Å². The Labute approximate surface area is 138 Å². The minimum atomic E-state index is 0.0438. The van der Waals surface area contributed by atoms with Gasteiger partial charge in [0.1, 0.15) is 0 Å². The third-order valence-corrected chi connectivity index (χ3v) is 4.78. The van der Waals surface area contributed by atoms with Gasteiger partial charge < -0.3 is 5.32 Å². The summed E-state index contributed by atoms with van der Waals surface area (Å²) in [5, 5.41) is 4.84. The number of hydrogen-bond acceptors (Lipinski definition) is 3. The average molecular weight is 328 g/mol. The molecule has 0 aliphatic rings. The van der Waals surface area contributed by atoms with Crippen LogP contribution in [0.3, 0.4) is 0 Å². The Balaban J connectivity index is 2.02. The molecule has 1 N–H and O–H groups in total. The summed E-state index contributed by atoms with van der Waals surface area (Å²) in [4.78, 5) is 13.3. The molecule has 0 bridgehead atoms. The van der Waals surface area contributed by atoms with Gasteiger partial charge in [0.25, 0.3) is 0 Å². The van der Waals surface area contributed by atoms with Gasteiger partial charge in [0.05, 0.1) is 9.88 Å². The third kappa shape index (κ3) is 2.91. The van der Waals surface area contributed by atoms with Crippen molar-refractivity contribution >= 4 is 33.7 Å². The molecule has 4 heteroatoms. The van der Waals surface area contributed by atoms with Crippen molar-refractivity contribution in [3.05, 3.63) is 76.1 Å². The molecule has 22 heavy (non-hydrogen) atoms. The molecule has 0 aliphatic carbocycles. The van der Waals surface area contributed by atoms with Gasteiger partial charge in [-0.1, -0.05) is 54.1 Å². The lowest BCUT2D eigenvalue weighted by Crippen LogP contribution is -1.97. The summed E-state index contributed by atoms with van der Waals surface area (Å²) >= 11 is 7.41. The van der Waals surface area contributed by atoms with E-state index in [-0.39, 0.29) is 5.78 Å². The highest BCUT2D eigenvalue weighted by atomic mass is 35.5. The molecule has 0 amide bonds. The number of benzene rings is 2. The second kappa shape index (κ2) is 6.34. The van der Waals surface area contributed by atoms with E-state index in [1.54, 1.807) is 0 Å². The summed E-state index contributed by atoms with van der Waals surface area (Å²) in [6.45, 7) is 0. The number of anilines is 1. The normalized spacial score (nSPS) is 10.5. The Morgan fingerprint density at radius 3 is 2.36 bits per heavy atom. The first-order chi connectivity index (χ1) is 10.7. The predicted octanol–water partition coefficient (Wildman–Crippen LogP) is 5.34. The first kappa shape index (κ1) is 14.8. The Morgan fingerprint density at radius 1 is 1.05 bits per heavy atom. The predicted molar refractivity (Wildman–Crippen MR) is 94.2 cm³/mol. The molecule has 0 atom stereocenters. The van der Waals surface area contributed by atoms with Crippen LogP contribution in [-0.4, -0.2) is 12.8 Å². The number of hydrogen-bond donors (Lipinski definition) is 1. The van der Waals surface area contributed by atoms with Gasteiger partial charge in [-0.25, -0.2) is 0 Å². The van der Waals surface area contributed by atoms with Crippen LogP contribution in [0.5, 0.6) is 0 Å². The zero-order valence-corrected chi connectivity index (χ0v) is 13.5. The first-order valence-corrected chi connectivity index (χ1v) is 8.06. The van der Waals surface area contributed by atoms with Crippen LogP contribution in [0, 0.1) is 0 Å². The maximum absolute atomic E-state index is 12.6. The summed E-state index contributed by atoms with van der Waals surface area (Å²) in [5.74, 6) is 0.0438. The second-order valence-electron chi connectivity index (χ2n) is 4.81. The molecule has 0 aliphatic heterocycles. The van der Waals surface area contributed by atoms with E-state index in [1.807, 2.05) is 67.7 Å². The van der Waals surface area contributed by atoms with Crippen molar-refractivity contribution in [2.45, 2.75) is 0 Å². The molecule has 110 valence electrons. The molecule has 0 saturated heterocycles. The number of carbonyl (C=O) groups excluding carboxylic acids is 1. The van der Waals surface area contributed by atoms with Crippen molar-refractivity contribution in [2.24, 2.45) is 0 Å². The van der Waals surface area contributed by atoms with E-state index in [0.717, 1.165) is 21.0 Å². The molecule has 2 aromatic carbocycles. The number of ketones is 1. The molecule has 0 saturated carbocycles. The fraction of sp³-hybridized carbons (Fsp3) is 0.0556. The molecule has 0 unspecified atom stereocenters. The largest absolute Gasteiger partial charge is 0.379 e. The monoisotopic (exact) mass is 327 g/mol. The van der Waals surface area contributed by atoms with Gasteiger partial charge in [0, 0.05) is 23.2 Å². The van der Waals surface area contributed by atoms with Gasteiger partial charge in [0.2, 0.25) is 5.78 Å². The molecule has 2 nitrogen and oxygen atoms in total. The molecular formula is C18H14ClNOS. The third-order valence-electron chi connectivity index (χ3n) is 3.37. The summed E-state index contributed by atoms with van der Waals surface area (Å²) in [6.07, 6.45) is 0. The van der Waals surface area contributed by atoms with Gasteiger partial charge in [-0.2, -0.15) is 0 Å². The Bertz CT molecular complexity index is 794. The van der Waals surface area contributed by atoms with E-state index in [0.29, 0.717) is 10.6 Å². The van der Waals surface area contributed by atoms with E-state index in [9.17, 15) is 4.79 Å². The van der Waals surface area contributed by atoms with Crippen LogP contribution in [0.2, 0.25) is 5.02 Å². The Morgan fingerprint density at radius 2 is 1.73 bits per heavy atom. The molecule has 1 heterocycles. The second-order valence-corrected chi connectivity index (χ2v) is 6.29. The van der Waals surface area contributed by atoms with Crippen molar-refractivity contribution in [3.63, 3.8) is 0 Å². The fourth-order valence-corrected chi connectivity index (χ4v) is 3.39. The first-order valence-electron chi connectivity index (χ1n) is 6.86. The van der Waals surface area contributed by atoms with Crippen molar-refractivity contribution in [3.8, 4) is 11.1 Å². The topological polar surface area (TPSA) is 29.1 Å². The van der Waals surface area contributed by atoms with Crippen LogP contribution < -0.4 is 5.32 Å². The summed E-state index contributed by atoms with van der Waals surface area (Å²) in [7, 11) is 1.86. The molecule has 0 fully saturated rings. The van der Waals surface area contributed by atoms with E-state index >= 15 is 0 Å². The quantitative estimate of drug-likeness (QED) is 0.655. The van der Waals surface area contributed by atoms with E-state index < -0.39 is 0 Å². The van der Waals surface area contributed by atoms with Crippen LogP contribution in [0.4, 0.5) is 5.00 Å². The molecule has 0 spiro atoms. The van der Waals surface area contributed by atoms with Crippen LogP contribution in [-0.2, 0) is 0 Å². The van der Waals surface area contributed by atoms with Crippen LogP contribution in [0.15, 0.2) is 60.7 Å². The van der Waals surface area contributed by atoms with Gasteiger partial charge in [-0.05, 0) is 23.8 Å². The van der Waals surface area contributed by atoms with Crippen LogP contribution in [0.1, 0.15) is 15.2 Å². The zero-order chi connectivity index (χ0) is 15.5. The van der Waals surface area contributed by atoms with Gasteiger partial charge in [-0.15, -0.1) is 11.3 Å². The highest BCUT2D eigenvalue weighted by Gasteiger charge is 2.16. The molecule has 1 aromatic heterocycles. The van der Waals surface area contributed by atoms with E-state index in [2.05, 4.69) is 5.32 Å². The van der Waals surface area contributed by atoms with Crippen molar-refractivity contribution < 1.29 is 4.79 Å². The van der Waals surface area contributed by atoms with E-state index in [1.165, 1.54) is 11.3 Å². The minimum absolute atomic E-state index is 0.0438. The summed E-state index contributed by atoms with van der Waals surface area (Å²) in [5.41, 5.74) is 2.76. The number of thiophene rings is 1. The number of carbonyl (C=O) groups is 1. The van der Waals surface area contributed by atoms with Gasteiger partial charge in [-0.3, -0.25) is 4.79 Å². The standard InChI is InChI=1S/C18H14ClNOS/c1-20-18-15(12-7-9-14(19)10-8-12)11-16(22-18)17(21)13-5-3-2-4-6-13/h2-11,20H,1H3. The fourth-order valence-electron chi connectivity index (χ4n) is 2.26. The highest BCUT2D eigenvalue weighted by Crippen LogP contribution is 2.37.